The molecule has 0 saturated carbocycles. The predicted octanol–water partition coefficient (Wildman–Crippen LogP) is 3.28. The molecule has 1 aromatic heterocycles. The van der Waals surface area contributed by atoms with Crippen molar-refractivity contribution in [2.75, 3.05) is 0 Å². The van der Waals surface area contributed by atoms with Crippen LogP contribution in [-0.4, -0.2) is 13.4 Å². The van der Waals surface area contributed by atoms with Gasteiger partial charge in [0.25, 0.3) is 0 Å². The molecule has 2 aromatic carbocycles. The van der Waals surface area contributed by atoms with Gasteiger partial charge in [-0.25, -0.2) is 13.1 Å². The van der Waals surface area contributed by atoms with Gasteiger partial charge in [0.2, 0.25) is 10.0 Å². The Kier molecular flexibility index (Phi) is 6.12. The number of ether oxygens (including phenoxy) is 1. The van der Waals surface area contributed by atoms with Crippen LogP contribution in [0.3, 0.4) is 0 Å². The normalized spacial score (nSPS) is 11.4. The molecule has 3 aromatic rings. The summed E-state index contributed by atoms with van der Waals surface area (Å²) in [5, 5.41) is 0. The van der Waals surface area contributed by atoms with Gasteiger partial charge in [0.15, 0.2) is 0 Å². The van der Waals surface area contributed by atoms with Crippen LogP contribution in [0.15, 0.2) is 84.0 Å². The van der Waals surface area contributed by atoms with Crippen molar-refractivity contribution in [2.45, 2.75) is 24.7 Å². The maximum atomic E-state index is 12.2. The van der Waals surface area contributed by atoms with Crippen LogP contribution >= 0.6 is 0 Å². The summed E-state index contributed by atoms with van der Waals surface area (Å²) in [4.78, 5) is 4.00. The first kappa shape index (κ1) is 18.3. The highest BCUT2D eigenvalue weighted by molar-refractivity contribution is 7.89. The number of nitrogens with one attached hydrogen (secondary N) is 1. The van der Waals surface area contributed by atoms with E-state index in [0.717, 1.165) is 16.7 Å². The lowest BCUT2D eigenvalue weighted by Crippen LogP contribution is -2.23. The minimum absolute atomic E-state index is 0.155. The number of nitrogens with zero attached hydrogens (tertiary/aromatic N) is 1. The lowest BCUT2D eigenvalue weighted by atomic mass is 10.1. The molecule has 0 spiro atoms. The van der Waals surface area contributed by atoms with Gasteiger partial charge in [-0.15, -0.1) is 0 Å². The van der Waals surface area contributed by atoms with E-state index in [-0.39, 0.29) is 11.4 Å². The van der Waals surface area contributed by atoms with E-state index in [2.05, 4.69) is 9.71 Å². The Labute approximate surface area is 153 Å². The Bertz CT molecular complexity index is 930. The van der Waals surface area contributed by atoms with E-state index >= 15 is 0 Å². The van der Waals surface area contributed by atoms with Gasteiger partial charge >= 0.3 is 0 Å². The van der Waals surface area contributed by atoms with Crippen molar-refractivity contribution < 1.29 is 13.2 Å². The maximum absolute atomic E-state index is 12.2. The molecule has 0 fully saturated rings. The summed E-state index contributed by atoms with van der Waals surface area (Å²) in [6.07, 6.45) is 2.87. The number of hydrogen-bond acceptors (Lipinski definition) is 4. The van der Waals surface area contributed by atoms with Crippen molar-refractivity contribution in [3.8, 4) is 0 Å². The number of hydrogen-bond donors (Lipinski definition) is 1. The summed E-state index contributed by atoms with van der Waals surface area (Å²) in [5.41, 5.74) is 2.99. The van der Waals surface area contributed by atoms with E-state index in [4.69, 9.17) is 4.74 Å². The van der Waals surface area contributed by atoms with E-state index < -0.39 is 10.0 Å². The molecular weight excluding hydrogens is 348 g/mol. The molecule has 0 atom stereocenters. The Morgan fingerprint density at radius 1 is 0.846 bits per heavy atom. The second-order valence-electron chi connectivity index (χ2n) is 5.81. The van der Waals surface area contributed by atoms with Crippen LogP contribution in [0.25, 0.3) is 0 Å². The van der Waals surface area contributed by atoms with Gasteiger partial charge in [0.1, 0.15) is 4.90 Å². The standard InChI is InChI=1S/C20H20N2O3S/c23-26(24,20-10-5-11-21-14-20)22-13-18-8-4-9-19(12-18)16-25-15-17-6-2-1-3-7-17/h1-12,14,22H,13,15-16H2. The fourth-order valence-corrected chi connectivity index (χ4v) is 3.44. The van der Waals surface area contributed by atoms with E-state index in [1.54, 1.807) is 6.07 Å². The monoisotopic (exact) mass is 368 g/mol. The third-order valence-electron chi connectivity index (χ3n) is 3.78. The van der Waals surface area contributed by atoms with Crippen molar-refractivity contribution in [2.24, 2.45) is 0 Å². The molecule has 1 N–H and O–H groups in total. The lowest BCUT2D eigenvalue weighted by Gasteiger charge is -2.09. The second kappa shape index (κ2) is 8.71. The third kappa shape index (κ3) is 5.23. The molecule has 0 aliphatic carbocycles. The largest absolute Gasteiger partial charge is 0.372 e. The molecule has 3 rings (SSSR count). The van der Waals surface area contributed by atoms with Gasteiger partial charge in [0.05, 0.1) is 13.2 Å². The summed E-state index contributed by atoms with van der Waals surface area (Å²) >= 11 is 0. The zero-order valence-corrected chi connectivity index (χ0v) is 15.0. The fourth-order valence-electron chi connectivity index (χ4n) is 2.46. The number of aromatic nitrogens is 1. The SMILES string of the molecule is O=S(=O)(NCc1cccc(COCc2ccccc2)c1)c1cccnc1. The quantitative estimate of drug-likeness (QED) is 0.663. The number of benzene rings is 2. The Balaban J connectivity index is 1.56. The highest BCUT2D eigenvalue weighted by Gasteiger charge is 2.13. The lowest BCUT2D eigenvalue weighted by molar-refractivity contribution is 0.107. The van der Waals surface area contributed by atoms with Crippen molar-refractivity contribution in [1.82, 2.24) is 9.71 Å². The Morgan fingerprint density at radius 3 is 2.35 bits per heavy atom. The van der Waals surface area contributed by atoms with Gasteiger partial charge in [-0.2, -0.15) is 0 Å². The van der Waals surface area contributed by atoms with E-state index in [0.29, 0.717) is 13.2 Å². The van der Waals surface area contributed by atoms with Crippen LogP contribution in [0.4, 0.5) is 0 Å². The van der Waals surface area contributed by atoms with Crippen LogP contribution in [0.2, 0.25) is 0 Å². The maximum Gasteiger partial charge on any atom is 0.242 e. The zero-order chi connectivity index (χ0) is 18.2. The van der Waals surface area contributed by atoms with Crippen molar-refractivity contribution in [3.63, 3.8) is 0 Å². The minimum Gasteiger partial charge on any atom is -0.372 e. The van der Waals surface area contributed by atoms with Gasteiger partial charge in [-0.05, 0) is 28.8 Å². The third-order valence-corrected chi connectivity index (χ3v) is 5.17. The predicted molar refractivity (Wildman–Crippen MR) is 99.6 cm³/mol. The molecular formula is C20H20N2O3S. The second-order valence-corrected chi connectivity index (χ2v) is 7.58. The van der Waals surface area contributed by atoms with Gasteiger partial charge in [0, 0.05) is 18.9 Å². The van der Waals surface area contributed by atoms with Crippen molar-refractivity contribution >= 4 is 10.0 Å². The summed E-state index contributed by atoms with van der Waals surface area (Å²) in [6.45, 7) is 1.22. The van der Waals surface area contributed by atoms with Crippen LogP contribution in [0, 0.1) is 0 Å². The minimum atomic E-state index is -3.57. The summed E-state index contributed by atoms with van der Waals surface area (Å²) < 4.78 is 32.8. The molecule has 0 bridgehead atoms. The fraction of sp³-hybridized carbons (Fsp3) is 0.150. The average molecular weight is 368 g/mol. The molecule has 6 heteroatoms. The Morgan fingerprint density at radius 2 is 1.58 bits per heavy atom. The molecule has 0 unspecified atom stereocenters. The molecule has 0 amide bonds. The number of pyridine rings is 1. The first-order chi connectivity index (χ1) is 12.6. The van der Waals surface area contributed by atoms with Crippen molar-refractivity contribution in [1.29, 1.82) is 0 Å². The zero-order valence-electron chi connectivity index (χ0n) is 14.2. The Hall–Kier alpha value is -2.54. The topological polar surface area (TPSA) is 68.3 Å². The van der Waals surface area contributed by atoms with Gasteiger partial charge in [-0.1, -0.05) is 54.6 Å². The van der Waals surface area contributed by atoms with E-state index in [9.17, 15) is 8.42 Å². The molecule has 5 nitrogen and oxygen atoms in total. The molecule has 0 aliphatic rings. The molecule has 134 valence electrons. The number of sulfonamides is 1. The average Bonchev–Trinajstić information content (AvgIpc) is 2.68. The van der Waals surface area contributed by atoms with Crippen LogP contribution in [0.5, 0.6) is 0 Å². The molecule has 1 heterocycles. The molecule has 0 saturated heterocycles. The van der Waals surface area contributed by atoms with Crippen LogP contribution < -0.4 is 4.72 Å². The van der Waals surface area contributed by atoms with Crippen LogP contribution in [-0.2, 0) is 34.5 Å². The summed E-state index contributed by atoms with van der Waals surface area (Å²) in [6, 6.07) is 20.8. The summed E-state index contributed by atoms with van der Waals surface area (Å²) in [5.74, 6) is 0. The van der Waals surface area contributed by atoms with E-state index in [1.165, 1.54) is 18.5 Å². The smallest absolute Gasteiger partial charge is 0.242 e. The van der Waals surface area contributed by atoms with Crippen LogP contribution in [0.1, 0.15) is 16.7 Å². The highest BCUT2D eigenvalue weighted by atomic mass is 32.2. The first-order valence-corrected chi connectivity index (χ1v) is 9.71. The van der Waals surface area contributed by atoms with Gasteiger partial charge < -0.3 is 4.74 Å². The summed E-state index contributed by atoms with van der Waals surface area (Å²) in [7, 11) is -3.57. The molecule has 0 radical (unpaired) electrons. The molecule has 26 heavy (non-hydrogen) atoms. The first-order valence-electron chi connectivity index (χ1n) is 8.23. The van der Waals surface area contributed by atoms with E-state index in [1.807, 2.05) is 54.6 Å². The number of rotatable bonds is 8. The highest BCUT2D eigenvalue weighted by Crippen LogP contribution is 2.11. The molecule has 0 aliphatic heterocycles. The van der Waals surface area contributed by atoms with Crippen molar-refractivity contribution in [3.05, 3.63) is 95.8 Å². The van der Waals surface area contributed by atoms with Gasteiger partial charge in [-0.3, -0.25) is 4.98 Å².